The summed E-state index contributed by atoms with van der Waals surface area (Å²) in [6, 6.07) is 16.6. The van der Waals surface area contributed by atoms with E-state index in [9.17, 15) is 9.59 Å². The number of carbonyl (C=O) groups is 2. The number of aryl methyl sites for hydroxylation is 1. The van der Waals surface area contributed by atoms with Gasteiger partial charge >= 0.3 is 0 Å². The number of anilines is 2. The second-order valence-electron chi connectivity index (χ2n) is 6.11. The molecular formula is C20H19N3O2. The number of nitrogens with zero attached hydrogens (tertiary/aromatic N) is 2. The van der Waals surface area contributed by atoms with E-state index in [2.05, 4.69) is 12.2 Å². The first kappa shape index (κ1) is 16.7. The number of benzene rings is 2. The fourth-order valence-corrected chi connectivity index (χ4v) is 2.99. The standard InChI is InChI=1S/C20H19N3O2/c1-2-14-5-4-8-18(10-14)23-13-16(11-19(23)24)20(25)22-17-7-3-6-15(9-17)12-21/h3-10,16H,2,11,13H2,1H3,(H,22,25). The van der Waals surface area contributed by atoms with Gasteiger partial charge in [0.2, 0.25) is 11.8 Å². The summed E-state index contributed by atoms with van der Waals surface area (Å²) in [4.78, 5) is 26.5. The normalized spacial score (nSPS) is 16.6. The average molecular weight is 333 g/mol. The molecule has 1 N–H and O–H groups in total. The fraction of sp³-hybridized carbons (Fsp3) is 0.250. The van der Waals surface area contributed by atoms with Crippen LogP contribution in [0.5, 0.6) is 0 Å². The average Bonchev–Trinajstić information content (AvgIpc) is 3.04. The molecular weight excluding hydrogens is 314 g/mol. The second kappa shape index (κ2) is 7.18. The van der Waals surface area contributed by atoms with E-state index in [1.807, 2.05) is 30.3 Å². The molecule has 5 heteroatoms. The molecule has 2 aromatic rings. The Morgan fingerprint density at radius 1 is 1.28 bits per heavy atom. The Morgan fingerprint density at radius 2 is 2.08 bits per heavy atom. The Hall–Kier alpha value is -3.13. The largest absolute Gasteiger partial charge is 0.326 e. The molecule has 126 valence electrons. The van der Waals surface area contributed by atoms with Gasteiger partial charge < -0.3 is 10.2 Å². The first-order valence-electron chi connectivity index (χ1n) is 8.31. The van der Waals surface area contributed by atoms with E-state index in [4.69, 9.17) is 5.26 Å². The van der Waals surface area contributed by atoms with E-state index < -0.39 is 5.92 Å². The first-order valence-corrected chi connectivity index (χ1v) is 8.31. The van der Waals surface area contributed by atoms with Crippen molar-refractivity contribution in [2.24, 2.45) is 5.92 Å². The van der Waals surface area contributed by atoms with Gasteiger partial charge in [0.1, 0.15) is 0 Å². The number of rotatable bonds is 4. The Bertz CT molecular complexity index is 854. The fourth-order valence-electron chi connectivity index (χ4n) is 2.99. The van der Waals surface area contributed by atoms with Crippen molar-refractivity contribution in [2.75, 3.05) is 16.8 Å². The van der Waals surface area contributed by atoms with Crippen LogP contribution in [0, 0.1) is 17.2 Å². The lowest BCUT2D eigenvalue weighted by molar-refractivity contribution is -0.122. The minimum Gasteiger partial charge on any atom is -0.326 e. The van der Waals surface area contributed by atoms with Gasteiger partial charge in [-0.2, -0.15) is 5.26 Å². The molecule has 1 atom stereocenters. The van der Waals surface area contributed by atoms with Crippen LogP contribution in [0.2, 0.25) is 0 Å². The van der Waals surface area contributed by atoms with Gasteiger partial charge in [0, 0.05) is 24.3 Å². The molecule has 0 radical (unpaired) electrons. The van der Waals surface area contributed by atoms with Crippen LogP contribution >= 0.6 is 0 Å². The zero-order chi connectivity index (χ0) is 17.8. The monoisotopic (exact) mass is 333 g/mol. The van der Waals surface area contributed by atoms with Crippen LogP contribution in [-0.4, -0.2) is 18.4 Å². The molecule has 0 aromatic heterocycles. The molecule has 1 unspecified atom stereocenters. The van der Waals surface area contributed by atoms with Crippen molar-refractivity contribution in [3.8, 4) is 6.07 Å². The van der Waals surface area contributed by atoms with Gasteiger partial charge in [-0.1, -0.05) is 25.1 Å². The minimum absolute atomic E-state index is 0.0424. The second-order valence-corrected chi connectivity index (χ2v) is 6.11. The summed E-state index contributed by atoms with van der Waals surface area (Å²) >= 11 is 0. The van der Waals surface area contributed by atoms with Gasteiger partial charge in [-0.3, -0.25) is 9.59 Å². The zero-order valence-corrected chi connectivity index (χ0v) is 14.0. The highest BCUT2D eigenvalue weighted by Gasteiger charge is 2.35. The Kier molecular flexibility index (Phi) is 4.80. The number of nitrogens with one attached hydrogen (secondary N) is 1. The maximum Gasteiger partial charge on any atom is 0.229 e. The molecule has 5 nitrogen and oxygen atoms in total. The smallest absolute Gasteiger partial charge is 0.229 e. The molecule has 0 aliphatic carbocycles. The maximum atomic E-state index is 12.5. The van der Waals surface area contributed by atoms with Crippen LogP contribution < -0.4 is 10.2 Å². The lowest BCUT2D eigenvalue weighted by atomic mass is 10.1. The summed E-state index contributed by atoms with van der Waals surface area (Å²) in [5, 5.41) is 11.7. The van der Waals surface area contributed by atoms with E-state index in [0.29, 0.717) is 17.8 Å². The van der Waals surface area contributed by atoms with Crippen LogP contribution in [0.3, 0.4) is 0 Å². The SMILES string of the molecule is CCc1cccc(N2CC(C(=O)Nc3cccc(C#N)c3)CC2=O)c1. The summed E-state index contributed by atoms with van der Waals surface area (Å²) in [5.41, 5.74) is 3.05. The number of carbonyl (C=O) groups excluding carboxylic acids is 2. The third-order valence-electron chi connectivity index (χ3n) is 4.39. The number of amides is 2. The molecule has 0 spiro atoms. The van der Waals surface area contributed by atoms with Crippen LogP contribution in [0.4, 0.5) is 11.4 Å². The van der Waals surface area contributed by atoms with Crippen molar-refractivity contribution in [1.82, 2.24) is 0 Å². The molecule has 0 bridgehead atoms. The van der Waals surface area contributed by atoms with Gasteiger partial charge in [-0.25, -0.2) is 0 Å². The van der Waals surface area contributed by atoms with Crippen molar-refractivity contribution in [3.63, 3.8) is 0 Å². The van der Waals surface area contributed by atoms with Crippen LogP contribution in [0.25, 0.3) is 0 Å². The maximum absolute atomic E-state index is 12.5. The summed E-state index contributed by atoms with van der Waals surface area (Å²) in [5.74, 6) is -0.639. The van der Waals surface area contributed by atoms with Crippen molar-refractivity contribution in [1.29, 1.82) is 5.26 Å². The van der Waals surface area contributed by atoms with E-state index >= 15 is 0 Å². The third kappa shape index (κ3) is 3.69. The summed E-state index contributed by atoms with van der Waals surface area (Å²) in [6.07, 6.45) is 1.09. The van der Waals surface area contributed by atoms with Crippen LogP contribution in [0.15, 0.2) is 48.5 Å². The van der Waals surface area contributed by atoms with E-state index in [1.54, 1.807) is 29.2 Å². The molecule has 1 aliphatic rings. The molecule has 1 saturated heterocycles. The molecule has 25 heavy (non-hydrogen) atoms. The van der Waals surface area contributed by atoms with Crippen molar-refractivity contribution in [2.45, 2.75) is 19.8 Å². The Morgan fingerprint density at radius 3 is 2.84 bits per heavy atom. The lowest BCUT2D eigenvalue weighted by Gasteiger charge is -2.17. The number of hydrogen-bond acceptors (Lipinski definition) is 3. The van der Waals surface area contributed by atoms with Crippen molar-refractivity contribution in [3.05, 3.63) is 59.7 Å². The Labute approximate surface area is 146 Å². The zero-order valence-electron chi connectivity index (χ0n) is 14.0. The van der Waals surface area contributed by atoms with Crippen LogP contribution in [0.1, 0.15) is 24.5 Å². The molecule has 0 saturated carbocycles. The summed E-state index contributed by atoms with van der Waals surface area (Å²) in [6.45, 7) is 2.44. The highest BCUT2D eigenvalue weighted by Crippen LogP contribution is 2.27. The van der Waals surface area contributed by atoms with Crippen LogP contribution in [-0.2, 0) is 16.0 Å². The van der Waals surface area contributed by atoms with Gasteiger partial charge in [-0.15, -0.1) is 0 Å². The molecule has 3 rings (SSSR count). The molecule has 1 heterocycles. The predicted molar refractivity (Wildman–Crippen MR) is 96.1 cm³/mol. The third-order valence-corrected chi connectivity index (χ3v) is 4.39. The molecule has 2 aromatic carbocycles. The van der Waals surface area contributed by atoms with Gasteiger partial charge in [-0.05, 0) is 42.3 Å². The van der Waals surface area contributed by atoms with Crippen molar-refractivity contribution >= 4 is 23.2 Å². The van der Waals surface area contributed by atoms with Crippen molar-refractivity contribution < 1.29 is 9.59 Å². The van der Waals surface area contributed by atoms with E-state index in [1.165, 1.54) is 0 Å². The quantitative estimate of drug-likeness (QED) is 0.934. The number of nitriles is 1. The first-order chi connectivity index (χ1) is 12.1. The number of hydrogen-bond donors (Lipinski definition) is 1. The summed E-state index contributed by atoms with van der Waals surface area (Å²) < 4.78 is 0. The van der Waals surface area contributed by atoms with Gasteiger partial charge in [0.15, 0.2) is 0 Å². The topological polar surface area (TPSA) is 73.2 Å². The minimum atomic E-state index is -0.400. The Balaban J connectivity index is 1.71. The predicted octanol–water partition coefficient (Wildman–Crippen LogP) is 3.11. The highest BCUT2D eigenvalue weighted by molar-refractivity contribution is 6.03. The molecule has 1 fully saturated rings. The highest BCUT2D eigenvalue weighted by atomic mass is 16.2. The summed E-state index contributed by atoms with van der Waals surface area (Å²) in [7, 11) is 0. The van der Waals surface area contributed by atoms with Gasteiger partial charge in [0.25, 0.3) is 0 Å². The molecule has 1 aliphatic heterocycles. The van der Waals surface area contributed by atoms with Gasteiger partial charge in [0.05, 0.1) is 17.6 Å². The molecule has 2 amide bonds. The van der Waals surface area contributed by atoms with E-state index in [-0.39, 0.29) is 18.2 Å². The van der Waals surface area contributed by atoms with E-state index in [0.717, 1.165) is 17.7 Å². The lowest BCUT2D eigenvalue weighted by Crippen LogP contribution is -2.28.